The summed E-state index contributed by atoms with van der Waals surface area (Å²) in [5, 5.41) is 2.88. The lowest BCUT2D eigenvalue weighted by Crippen LogP contribution is -2.29. The standard InChI is InChI=1S/C11H14FN3OS/c1-15(2)10(16)6-14-9-4-3-7(12)5-8(9)11(13)17/h3-5,14H,6H2,1-2H3,(H2,13,17). The van der Waals surface area contributed by atoms with Gasteiger partial charge in [-0.1, -0.05) is 12.2 Å². The molecule has 3 N–H and O–H groups in total. The molecular formula is C11H14FN3OS. The monoisotopic (exact) mass is 255 g/mol. The second kappa shape index (κ2) is 5.58. The summed E-state index contributed by atoms with van der Waals surface area (Å²) >= 11 is 4.82. The minimum atomic E-state index is -0.419. The largest absolute Gasteiger partial charge is 0.389 e. The van der Waals surface area contributed by atoms with Crippen molar-refractivity contribution in [2.45, 2.75) is 0 Å². The van der Waals surface area contributed by atoms with Crippen molar-refractivity contribution in [2.24, 2.45) is 5.73 Å². The number of likely N-dealkylation sites (N-methyl/N-ethyl adjacent to an activating group) is 1. The van der Waals surface area contributed by atoms with Crippen molar-refractivity contribution in [3.05, 3.63) is 29.6 Å². The van der Waals surface area contributed by atoms with Gasteiger partial charge in [-0.05, 0) is 18.2 Å². The van der Waals surface area contributed by atoms with E-state index in [1.165, 1.54) is 23.1 Å². The molecule has 0 aliphatic carbocycles. The number of benzene rings is 1. The molecule has 0 saturated heterocycles. The number of thiocarbonyl (C=S) groups is 1. The van der Waals surface area contributed by atoms with Gasteiger partial charge in [0, 0.05) is 25.3 Å². The second-order valence-electron chi connectivity index (χ2n) is 3.70. The summed E-state index contributed by atoms with van der Waals surface area (Å²) in [4.78, 5) is 12.9. The van der Waals surface area contributed by atoms with Gasteiger partial charge in [0.05, 0.1) is 6.54 Å². The number of halogens is 1. The normalized spacial score (nSPS) is 9.82. The highest BCUT2D eigenvalue weighted by atomic mass is 32.1. The van der Waals surface area contributed by atoms with Gasteiger partial charge in [-0.3, -0.25) is 4.79 Å². The Labute approximate surface area is 105 Å². The highest BCUT2D eigenvalue weighted by molar-refractivity contribution is 7.80. The van der Waals surface area contributed by atoms with E-state index in [9.17, 15) is 9.18 Å². The van der Waals surface area contributed by atoms with E-state index in [1.807, 2.05) is 0 Å². The zero-order chi connectivity index (χ0) is 13.0. The quantitative estimate of drug-likeness (QED) is 0.787. The Morgan fingerprint density at radius 1 is 1.53 bits per heavy atom. The van der Waals surface area contributed by atoms with Crippen LogP contribution in [0.25, 0.3) is 0 Å². The van der Waals surface area contributed by atoms with Gasteiger partial charge in [0.25, 0.3) is 0 Å². The van der Waals surface area contributed by atoms with Crippen molar-refractivity contribution in [3.63, 3.8) is 0 Å². The molecule has 0 aliphatic heterocycles. The lowest BCUT2D eigenvalue weighted by atomic mass is 10.1. The van der Waals surface area contributed by atoms with Gasteiger partial charge in [0.2, 0.25) is 5.91 Å². The second-order valence-corrected chi connectivity index (χ2v) is 4.14. The van der Waals surface area contributed by atoms with E-state index >= 15 is 0 Å². The number of carbonyl (C=O) groups excluding carboxylic acids is 1. The lowest BCUT2D eigenvalue weighted by Gasteiger charge is -2.14. The maximum absolute atomic E-state index is 13.0. The smallest absolute Gasteiger partial charge is 0.241 e. The molecule has 0 saturated carbocycles. The molecule has 0 unspecified atom stereocenters. The molecule has 0 atom stereocenters. The Bertz CT molecular complexity index is 448. The molecule has 0 fully saturated rings. The van der Waals surface area contributed by atoms with Crippen LogP contribution in [0.5, 0.6) is 0 Å². The number of amides is 1. The summed E-state index contributed by atoms with van der Waals surface area (Å²) < 4.78 is 13.0. The minimum Gasteiger partial charge on any atom is -0.389 e. The molecule has 1 aromatic carbocycles. The van der Waals surface area contributed by atoms with Crippen molar-refractivity contribution in [3.8, 4) is 0 Å². The van der Waals surface area contributed by atoms with Crippen molar-refractivity contribution < 1.29 is 9.18 Å². The fraction of sp³-hybridized carbons (Fsp3) is 0.273. The molecule has 0 aromatic heterocycles. The van der Waals surface area contributed by atoms with Crippen LogP contribution in [0, 0.1) is 5.82 Å². The number of nitrogens with two attached hydrogens (primary N) is 1. The zero-order valence-corrected chi connectivity index (χ0v) is 10.5. The molecule has 92 valence electrons. The Hall–Kier alpha value is -1.69. The van der Waals surface area contributed by atoms with Gasteiger partial charge in [0.1, 0.15) is 10.8 Å². The van der Waals surface area contributed by atoms with Gasteiger partial charge < -0.3 is 16.0 Å². The van der Waals surface area contributed by atoms with Crippen LogP contribution in [0.15, 0.2) is 18.2 Å². The van der Waals surface area contributed by atoms with Crippen molar-refractivity contribution >= 4 is 28.8 Å². The predicted octanol–water partition coefficient (Wildman–Crippen LogP) is 0.960. The molecule has 6 heteroatoms. The molecular weight excluding hydrogens is 241 g/mol. The highest BCUT2D eigenvalue weighted by Gasteiger charge is 2.09. The fourth-order valence-corrected chi connectivity index (χ4v) is 1.37. The molecule has 4 nitrogen and oxygen atoms in total. The van der Waals surface area contributed by atoms with Crippen LogP contribution in [0.2, 0.25) is 0 Å². The fourth-order valence-electron chi connectivity index (χ4n) is 1.20. The van der Waals surface area contributed by atoms with E-state index in [2.05, 4.69) is 5.32 Å². The topological polar surface area (TPSA) is 58.4 Å². The first kappa shape index (κ1) is 13.4. The molecule has 1 rings (SSSR count). The van der Waals surface area contributed by atoms with Crippen LogP contribution in [0.4, 0.5) is 10.1 Å². The Morgan fingerprint density at radius 3 is 2.71 bits per heavy atom. The zero-order valence-electron chi connectivity index (χ0n) is 9.66. The van der Waals surface area contributed by atoms with Crippen molar-refractivity contribution in [2.75, 3.05) is 26.0 Å². The molecule has 0 aliphatic rings. The average Bonchev–Trinajstić information content (AvgIpc) is 2.26. The maximum Gasteiger partial charge on any atom is 0.241 e. The van der Waals surface area contributed by atoms with Gasteiger partial charge in [-0.25, -0.2) is 4.39 Å². The summed E-state index contributed by atoms with van der Waals surface area (Å²) in [7, 11) is 3.31. The van der Waals surface area contributed by atoms with E-state index in [4.69, 9.17) is 18.0 Å². The van der Waals surface area contributed by atoms with Crippen LogP contribution in [-0.2, 0) is 4.79 Å². The van der Waals surface area contributed by atoms with Crippen molar-refractivity contribution in [1.82, 2.24) is 4.90 Å². The Balaban J connectivity index is 2.84. The SMILES string of the molecule is CN(C)C(=O)CNc1ccc(F)cc1C(N)=S. The third kappa shape index (κ3) is 3.67. The molecule has 17 heavy (non-hydrogen) atoms. The third-order valence-corrected chi connectivity index (χ3v) is 2.40. The van der Waals surface area contributed by atoms with Gasteiger partial charge in [0.15, 0.2) is 0 Å². The molecule has 1 aromatic rings. The van der Waals surface area contributed by atoms with Gasteiger partial charge in [-0.2, -0.15) is 0 Å². The summed E-state index contributed by atoms with van der Waals surface area (Å²) in [5.74, 6) is -0.513. The number of carbonyl (C=O) groups is 1. The first-order valence-electron chi connectivity index (χ1n) is 4.95. The van der Waals surface area contributed by atoms with E-state index < -0.39 is 5.82 Å². The van der Waals surface area contributed by atoms with E-state index in [0.717, 1.165) is 0 Å². The first-order valence-corrected chi connectivity index (χ1v) is 5.36. The molecule has 0 heterocycles. The Kier molecular flexibility index (Phi) is 4.39. The van der Waals surface area contributed by atoms with E-state index in [1.54, 1.807) is 14.1 Å². The van der Waals surface area contributed by atoms with E-state index in [-0.39, 0.29) is 17.4 Å². The molecule has 0 radical (unpaired) electrons. The number of rotatable bonds is 4. The van der Waals surface area contributed by atoms with E-state index in [0.29, 0.717) is 11.3 Å². The van der Waals surface area contributed by atoms with Crippen molar-refractivity contribution in [1.29, 1.82) is 0 Å². The van der Waals surface area contributed by atoms with Crippen LogP contribution in [0.1, 0.15) is 5.56 Å². The number of nitrogens with zero attached hydrogens (tertiary/aromatic N) is 1. The van der Waals surface area contributed by atoms with Crippen LogP contribution in [0.3, 0.4) is 0 Å². The summed E-state index contributed by atoms with van der Waals surface area (Å²) in [6.45, 7) is 0.105. The Morgan fingerprint density at radius 2 is 2.18 bits per heavy atom. The van der Waals surface area contributed by atoms with Crippen LogP contribution in [-0.4, -0.2) is 36.4 Å². The third-order valence-electron chi connectivity index (χ3n) is 2.18. The number of hydrogen-bond acceptors (Lipinski definition) is 3. The summed E-state index contributed by atoms with van der Waals surface area (Å²) in [6.07, 6.45) is 0. The minimum absolute atomic E-state index is 0.0873. The highest BCUT2D eigenvalue weighted by Crippen LogP contribution is 2.16. The number of nitrogens with one attached hydrogen (secondary N) is 1. The number of anilines is 1. The predicted molar refractivity (Wildman–Crippen MR) is 69.5 cm³/mol. The lowest BCUT2D eigenvalue weighted by molar-refractivity contribution is -0.126. The summed E-state index contributed by atoms with van der Waals surface area (Å²) in [6, 6.07) is 4.03. The van der Waals surface area contributed by atoms with Gasteiger partial charge >= 0.3 is 0 Å². The van der Waals surface area contributed by atoms with Gasteiger partial charge in [-0.15, -0.1) is 0 Å². The van der Waals surface area contributed by atoms with Crippen LogP contribution < -0.4 is 11.1 Å². The average molecular weight is 255 g/mol. The molecule has 0 bridgehead atoms. The maximum atomic E-state index is 13.0. The molecule has 1 amide bonds. The molecule has 0 spiro atoms. The number of hydrogen-bond donors (Lipinski definition) is 2. The first-order chi connectivity index (χ1) is 7.91. The van der Waals surface area contributed by atoms with Crippen LogP contribution >= 0.6 is 12.2 Å². The summed E-state index contributed by atoms with van der Waals surface area (Å²) in [5.41, 5.74) is 6.42.